The lowest BCUT2D eigenvalue weighted by atomic mass is 10.1. The summed E-state index contributed by atoms with van der Waals surface area (Å²) in [5.41, 5.74) is 1.03. The molecule has 1 amide bonds. The minimum atomic E-state index is -0.267. The summed E-state index contributed by atoms with van der Waals surface area (Å²) < 4.78 is 0. The summed E-state index contributed by atoms with van der Waals surface area (Å²) in [6.45, 7) is 1.87. The van der Waals surface area contributed by atoms with Crippen molar-refractivity contribution in [2.75, 3.05) is 5.32 Å². The molecule has 0 spiro atoms. The van der Waals surface area contributed by atoms with E-state index in [0.717, 1.165) is 23.5 Å². The van der Waals surface area contributed by atoms with Crippen LogP contribution in [0.4, 0.5) is 5.00 Å². The van der Waals surface area contributed by atoms with Crippen molar-refractivity contribution >= 4 is 22.2 Å². The zero-order valence-electron chi connectivity index (χ0n) is 10.4. The molecule has 2 N–H and O–H groups in total. The number of hydrogen-bond acceptors (Lipinski definition) is 4. The second-order valence-corrected chi connectivity index (χ2v) is 5.90. The lowest BCUT2D eigenvalue weighted by Gasteiger charge is -2.04. The smallest absolute Gasteiger partial charge is 0.256 e. The molecule has 2 aromatic heterocycles. The molecule has 0 radical (unpaired) electrons. The summed E-state index contributed by atoms with van der Waals surface area (Å²) >= 11 is 1.41. The highest BCUT2D eigenvalue weighted by Crippen LogP contribution is 2.38. The van der Waals surface area contributed by atoms with E-state index in [0.29, 0.717) is 16.5 Å². The van der Waals surface area contributed by atoms with Gasteiger partial charge in [-0.3, -0.25) is 9.59 Å². The van der Waals surface area contributed by atoms with E-state index in [9.17, 15) is 9.59 Å². The highest BCUT2D eigenvalue weighted by molar-refractivity contribution is 7.15. The molecule has 0 atom stereocenters. The highest BCUT2D eigenvalue weighted by Gasteiger charge is 2.25. The maximum atomic E-state index is 12.1. The van der Waals surface area contributed by atoms with E-state index in [4.69, 9.17) is 0 Å². The predicted molar refractivity (Wildman–Crippen MR) is 73.8 cm³/mol. The normalized spacial score (nSPS) is 14.4. The summed E-state index contributed by atoms with van der Waals surface area (Å²) in [5, 5.41) is 4.34. The Hall–Kier alpha value is -1.95. The first-order chi connectivity index (χ1) is 9.11. The van der Waals surface area contributed by atoms with Crippen molar-refractivity contribution in [1.82, 2.24) is 9.97 Å². The van der Waals surface area contributed by atoms with Gasteiger partial charge in [0.1, 0.15) is 5.00 Å². The summed E-state index contributed by atoms with van der Waals surface area (Å²) in [5.74, 6) is 0.141. The van der Waals surface area contributed by atoms with Gasteiger partial charge in [-0.1, -0.05) is 0 Å². The Morgan fingerprint density at radius 1 is 1.47 bits per heavy atom. The maximum absolute atomic E-state index is 12.1. The monoisotopic (exact) mass is 275 g/mol. The average Bonchev–Trinajstić information content (AvgIpc) is 3.13. The third kappa shape index (κ3) is 2.73. The van der Waals surface area contributed by atoms with Crippen molar-refractivity contribution in [1.29, 1.82) is 0 Å². The number of aromatic nitrogens is 2. The number of aryl methyl sites for hydroxylation is 1. The van der Waals surface area contributed by atoms with Crippen molar-refractivity contribution < 1.29 is 4.79 Å². The van der Waals surface area contributed by atoms with E-state index in [1.807, 2.05) is 6.92 Å². The van der Waals surface area contributed by atoms with Crippen molar-refractivity contribution in [2.24, 2.45) is 0 Å². The first kappa shape index (κ1) is 12.1. The molecule has 1 saturated carbocycles. The molecule has 0 bridgehead atoms. The van der Waals surface area contributed by atoms with Crippen LogP contribution in [0.25, 0.3) is 0 Å². The number of amides is 1. The Morgan fingerprint density at radius 2 is 2.26 bits per heavy atom. The van der Waals surface area contributed by atoms with E-state index in [1.54, 1.807) is 12.3 Å². The lowest BCUT2D eigenvalue weighted by molar-refractivity contribution is 0.102. The molecule has 2 heterocycles. The van der Waals surface area contributed by atoms with Crippen molar-refractivity contribution in [3.05, 3.63) is 44.9 Å². The number of aromatic amines is 1. The number of pyridine rings is 1. The Bertz CT molecular complexity index is 685. The molecule has 0 aromatic carbocycles. The Morgan fingerprint density at radius 3 is 2.89 bits per heavy atom. The van der Waals surface area contributed by atoms with E-state index in [1.165, 1.54) is 17.4 Å². The third-order valence-corrected chi connectivity index (χ3v) is 3.83. The van der Waals surface area contributed by atoms with Crippen LogP contribution < -0.4 is 10.9 Å². The van der Waals surface area contributed by atoms with Crippen molar-refractivity contribution in [3.63, 3.8) is 0 Å². The molecule has 3 rings (SSSR count). The number of H-pyrrole nitrogens is 1. The van der Waals surface area contributed by atoms with Gasteiger partial charge < -0.3 is 10.3 Å². The molecule has 1 aliphatic rings. The third-order valence-electron chi connectivity index (χ3n) is 3.00. The van der Waals surface area contributed by atoms with Gasteiger partial charge in [0.2, 0.25) is 5.56 Å². The number of hydrogen-bond donors (Lipinski definition) is 2. The van der Waals surface area contributed by atoms with Crippen LogP contribution in [0.2, 0.25) is 0 Å². The molecule has 1 aliphatic carbocycles. The number of nitrogens with one attached hydrogen (secondary N) is 2. The van der Waals surface area contributed by atoms with Crippen LogP contribution >= 0.6 is 11.3 Å². The number of rotatable bonds is 3. The second kappa shape index (κ2) is 4.62. The summed E-state index contributed by atoms with van der Waals surface area (Å²) in [6, 6.07) is 3.09. The molecule has 1 fully saturated rings. The fraction of sp³-hybridized carbons (Fsp3) is 0.308. The molecule has 6 heteroatoms. The SMILES string of the molecule is Cc1ncc(NC(=O)c2cc(C3CC3)[nH]c(=O)c2)s1. The van der Waals surface area contributed by atoms with Crippen LogP contribution in [0.3, 0.4) is 0 Å². The van der Waals surface area contributed by atoms with Crippen molar-refractivity contribution in [3.8, 4) is 0 Å². The first-order valence-electron chi connectivity index (χ1n) is 6.10. The first-order valence-corrected chi connectivity index (χ1v) is 6.91. The zero-order valence-corrected chi connectivity index (χ0v) is 11.2. The Labute approximate surface area is 113 Å². The van der Waals surface area contributed by atoms with Crippen LogP contribution in [0.15, 0.2) is 23.1 Å². The van der Waals surface area contributed by atoms with Crippen molar-refractivity contribution in [2.45, 2.75) is 25.7 Å². The molecule has 98 valence electrons. The average molecular weight is 275 g/mol. The van der Waals surface area contributed by atoms with Gasteiger partial charge >= 0.3 is 0 Å². The number of anilines is 1. The quantitative estimate of drug-likeness (QED) is 0.902. The molecular formula is C13H13N3O2S. The van der Waals surface area contributed by atoms with E-state index >= 15 is 0 Å². The zero-order chi connectivity index (χ0) is 13.4. The fourth-order valence-corrected chi connectivity index (χ4v) is 2.59. The van der Waals surface area contributed by atoms with Crippen LogP contribution in [0.5, 0.6) is 0 Å². The van der Waals surface area contributed by atoms with Gasteiger partial charge in [0, 0.05) is 17.3 Å². The number of nitrogens with zero attached hydrogens (tertiary/aromatic N) is 1. The molecule has 0 unspecified atom stereocenters. The fourth-order valence-electron chi connectivity index (χ4n) is 1.91. The van der Waals surface area contributed by atoms with Gasteiger partial charge in [-0.2, -0.15) is 0 Å². The summed E-state index contributed by atoms with van der Waals surface area (Å²) in [4.78, 5) is 30.5. The van der Waals surface area contributed by atoms with Crippen LogP contribution in [0, 0.1) is 6.92 Å². The van der Waals surface area contributed by atoms with Gasteiger partial charge in [0.25, 0.3) is 5.91 Å². The van der Waals surface area contributed by atoms with E-state index in [-0.39, 0.29) is 11.5 Å². The van der Waals surface area contributed by atoms with Gasteiger partial charge in [-0.25, -0.2) is 4.98 Å². The van der Waals surface area contributed by atoms with Gasteiger partial charge in [-0.05, 0) is 31.7 Å². The Kier molecular flexibility index (Phi) is 2.94. The Balaban J connectivity index is 1.84. The largest absolute Gasteiger partial charge is 0.326 e. The topological polar surface area (TPSA) is 74.8 Å². The molecule has 0 aliphatic heterocycles. The number of thiazole rings is 1. The lowest BCUT2D eigenvalue weighted by Crippen LogP contribution is -2.17. The highest BCUT2D eigenvalue weighted by atomic mass is 32.1. The molecular weight excluding hydrogens is 262 g/mol. The molecule has 2 aromatic rings. The van der Waals surface area contributed by atoms with Crippen LogP contribution in [-0.2, 0) is 0 Å². The second-order valence-electron chi connectivity index (χ2n) is 4.66. The minimum Gasteiger partial charge on any atom is -0.326 e. The molecule has 5 nitrogen and oxygen atoms in total. The number of carbonyl (C=O) groups excluding carboxylic acids is 1. The van der Waals surface area contributed by atoms with E-state index in [2.05, 4.69) is 15.3 Å². The minimum absolute atomic E-state index is 0.227. The molecule has 0 saturated heterocycles. The van der Waals surface area contributed by atoms with Gasteiger partial charge in [0.05, 0.1) is 11.2 Å². The van der Waals surface area contributed by atoms with Crippen LogP contribution in [-0.4, -0.2) is 15.9 Å². The summed E-state index contributed by atoms with van der Waals surface area (Å²) in [6.07, 6.45) is 3.77. The maximum Gasteiger partial charge on any atom is 0.256 e. The summed E-state index contributed by atoms with van der Waals surface area (Å²) in [7, 11) is 0. The molecule has 19 heavy (non-hydrogen) atoms. The van der Waals surface area contributed by atoms with E-state index < -0.39 is 0 Å². The predicted octanol–water partition coefficient (Wildman–Crippen LogP) is 2.27. The van der Waals surface area contributed by atoms with Crippen LogP contribution in [0.1, 0.15) is 39.8 Å². The van der Waals surface area contributed by atoms with Gasteiger partial charge in [-0.15, -0.1) is 11.3 Å². The number of carbonyl (C=O) groups is 1. The standard InChI is InChI=1S/C13H13N3O2S/c1-7-14-6-12(19-7)16-13(18)9-4-10(8-2-3-8)15-11(17)5-9/h4-6,8H,2-3H2,1H3,(H,15,17)(H,16,18). The van der Waals surface area contributed by atoms with Gasteiger partial charge in [0.15, 0.2) is 0 Å².